The normalized spacial score (nSPS) is 10.1. The number of hydrogen-bond donors (Lipinski definition) is 0. The fourth-order valence-corrected chi connectivity index (χ4v) is 2.23. The van der Waals surface area contributed by atoms with E-state index in [-0.39, 0.29) is 17.8 Å². The van der Waals surface area contributed by atoms with Gasteiger partial charge in [-0.2, -0.15) is 5.26 Å². The minimum absolute atomic E-state index is 0.0178. The summed E-state index contributed by atoms with van der Waals surface area (Å²) < 4.78 is 14.5. The summed E-state index contributed by atoms with van der Waals surface area (Å²) in [5.41, 5.74) is -0.756. The second-order valence-electron chi connectivity index (χ2n) is 4.15. The molecule has 21 heavy (non-hydrogen) atoms. The molecule has 0 spiro atoms. The molecular formula is C13H7BrFN3O3. The van der Waals surface area contributed by atoms with Crippen LogP contribution in [0.15, 0.2) is 39.7 Å². The highest BCUT2D eigenvalue weighted by atomic mass is 79.9. The highest BCUT2D eigenvalue weighted by molar-refractivity contribution is 9.10. The summed E-state index contributed by atoms with van der Waals surface area (Å²) in [6.07, 6.45) is 1.05. The molecule has 2 aromatic rings. The standard InChI is InChI=1S/C13H7BrFN3O3/c14-12-4-10(15)2-1-8(12)6-17-7-11(18(20)21)3-9(5-16)13(17)19/h1-4,7H,6H2. The summed E-state index contributed by atoms with van der Waals surface area (Å²) in [5.74, 6) is -0.449. The van der Waals surface area contributed by atoms with Crippen molar-refractivity contribution >= 4 is 21.6 Å². The lowest BCUT2D eigenvalue weighted by atomic mass is 10.2. The first-order valence-electron chi connectivity index (χ1n) is 5.65. The molecule has 0 bridgehead atoms. The maximum Gasteiger partial charge on any atom is 0.287 e. The third-order valence-electron chi connectivity index (χ3n) is 2.76. The van der Waals surface area contributed by atoms with Gasteiger partial charge >= 0.3 is 0 Å². The zero-order valence-electron chi connectivity index (χ0n) is 10.4. The molecule has 0 unspecified atom stereocenters. The average molecular weight is 352 g/mol. The minimum atomic E-state index is -0.684. The molecule has 0 aliphatic carbocycles. The van der Waals surface area contributed by atoms with Crippen molar-refractivity contribution in [1.82, 2.24) is 4.57 Å². The van der Waals surface area contributed by atoms with E-state index in [4.69, 9.17) is 5.26 Å². The Morgan fingerprint density at radius 2 is 2.14 bits per heavy atom. The number of benzene rings is 1. The van der Waals surface area contributed by atoms with Gasteiger partial charge in [0.1, 0.15) is 17.4 Å². The molecule has 0 saturated carbocycles. The molecule has 0 N–H and O–H groups in total. The molecule has 0 amide bonds. The van der Waals surface area contributed by atoms with E-state index in [0.29, 0.717) is 10.0 Å². The fourth-order valence-electron chi connectivity index (χ4n) is 1.75. The van der Waals surface area contributed by atoms with E-state index in [9.17, 15) is 19.3 Å². The van der Waals surface area contributed by atoms with E-state index < -0.39 is 16.3 Å². The largest absolute Gasteiger partial charge is 0.303 e. The summed E-state index contributed by atoms with van der Waals surface area (Å²) >= 11 is 3.16. The molecular weight excluding hydrogens is 345 g/mol. The lowest BCUT2D eigenvalue weighted by molar-refractivity contribution is -0.385. The van der Waals surface area contributed by atoms with E-state index in [0.717, 1.165) is 16.8 Å². The molecule has 0 atom stereocenters. The van der Waals surface area contributed by atoms with Gasteiger partial charge in [0.15, 0.2) is 0 Å². The van der Waals surface area contributed by atoms with E-state index in [2.05, 4.69) is 15.9 Å². The van der Waals surface area contributed by atoms with Crippen LogP contribution in [0, 0.1) is 27.3 Å². The van der Waals surface area contributed by atoms with Crippen LogP contribution in [-0.4, -0.2) is 9.49 Å². The van der Waals surface area contributed by atoms with Crippen LogP contribution < -0.4 is 5.56 Å². The van der Waals surface area contributed by atoms with E-state index >= 15 is 0 Å². The highest BCUT2D eigenvalue weighted by Crippen LogP contribution is 2.19. The lowest BCUT2D eigenvalue weighted by Crippen LogP contribution is -2.23. The van der Waals surface area contributed by atoms with Gasteiger partial charge in [0.25, 0.3) is 11.2 Å². The Morgan fingerprint density at radius 1 is 1.43 bits per heavy atom. The van der Waals surface area contributed by atoms with Crippen molar-refractivity contribution in [2.75, 3.05) is 0 Å². The van der Waals surface area contributed by atoms with Crippen molar-refractivity contribution in [3.63, 3.8) is 0 Å². The monoisotopic (exact) mass is 351 g/mol. The van der Waals surface area contributed by atoms with E-state index in [1.165, 1.54) is 18.2 Å². The van der Waals surface area contributed by atoms with Gasteiger partial charge in [-0.1, -0.05) is 22.0 Å². The van der Waals surface area contributed by atoms with Gasteiger partial charge in [0.05, 0.1) is 17.7 Å². The second-order valence-corrected chi connectivity index (χ2v) is 5.00. The number of rotatable bonds is 3. The molecule has 106 valence electrons. The van der Waals surface area contributed by atoms with Gasteiger partial charge in [0, 0.05) is 10.5 Å². The molecule has 1 aromatic carbocycles. The van der Waals surface area contributed by atoms with E-state index in [1.807, 2.05) is 0 Å². The molecule has 1 aromatic heterocycles. The Hall–Kier alpha value is -2.53. The van der Waals surface area contributed by atoms with Gasteiger partial charge in [-0.25, -0.2) is 4.39 Å². The summed E-state index contributed by atoms with van der Waals surface area (Å²) in [5, 5.41) is 19.7. The molecule has 1 heterocycles. The van der Waals surface area contributed by atoms with Crippen LogP contribution in [-0.2, 0) is 6.54 Å². The van der Waals surface area contributed by atoms with Crippen molar-refractivity contribution in [3.8, 4) is 6.07 Å². The van der Waals surface area contributed by atoms with E-state index in [1.54, 1.807) is 6.07 Å². The second kappa shape index (κ2) is 5.85. The average Bonchev–Trinajstić information content (AvgIpc) is 2.43. The third-order valence-corrected chi connectivity index (χ3v) is 3.50. The highest BCUT2D eigenvalue weighted by Gasteiger charge is 2.14. The molecule has 2 rings (SSSR count). The molecule has 6 nitrogen and oxygen atoms in total. The number of pyridine rings is 1. The van der Waals surface area contributed by atoms with Crippen LogP contribution in [0.5, 0.6) is 0 Å². The molecule has 0 saturated heterocycles. The molecule has 0 aliphatic rings. The number of aromatic nitrogens is 1. The Bertz CT molecular complexity index is 826. The number of nitrogens with zero attached hydrogens (tertiary/aromatic N) is 3. The fraction of sp³-hybridized carbons (Fsp3) is 0.0769. The Morgan fingerprint density at radius 3 is 2.71 bits per heavy atom. The summed E-state index contributed by atoms with van der Waals surface area (Å²) in [6, 6.07) is 6.46. The Labute approximate surface area is 126 Å². The zero-order chi connectivity index (χ0) is 15.6. The van der Waals surface area contributed by atoms with Gasteiger partial charge in [0.2, 0.25) is 0 Å². The molecule has 0 fully saturated rings. The van der Waals surface area contributed by atoms with Gasteiger partial charge in [-0.05, 0) is 17.7 Å². The van der Waals surface area contributed by atoms with Crippen molar-refractivity contribution in [2.45, 2.75) is 6.54 Å². The van der Waals surface area contributed by atoms with Crippen LogP contribution in [0.2, 0.25) is 0 Å². The number of nitro groups is 1. The number of hydrogen-bond acceptors (Lipinski definition) is 4. The van der Waals surface area contributed by atoms with Crippen LogP contribution >= 0.6 is 15.9 Å². The number of nitriles is 1. The van der Waals surface area contributed by atoms with Crippen molar-refractivity contribution in [1.29, 1.82) is 5.26 Å². The maximum atomic E-state index is 13.0. The minimum Gasteiger partial charge on any atom is -0.303 e. The first-order valence-corrected chi connectivity index (χ1v) is 6.44. The summed E-state index contributed by atoms with van der Waals surface area (Å²) in [6.45, 7) is -0.0178. The van der Waals surface area contributed by atoms with Gasteiger partial charge in [-0.3, -0.25) is 14.9 Å². The van der Waals surface area contributed by atoms with Crippen LogP contribution in [0.3, 0.4) is 0 Å². The summed E-state index contributed by atoms with van der Waals surface area (Å²) in [4.78, 5) is 22.1. The van der Waals surface area contributed by atoms with Crippen LogP contribution in [0.1, 0.15) is 11.1 Å². The van der Waals surface area contributed by atoms with Crippen LogP contribution in [0.4, 0.5) is 10.1 Å². The predicted octanol–water partition coefficient (Wildman–Crippen LogP) is 2.58. The van der Waals surface area contributed by atoms with Crippen molar-refractivity contribution in [2.24, 2.45) is 0 Å². The van der Waals surface area contributed by atoms with Crippen LogP contribution in [0.25, 0.3) is 0 Å². The predicted molar refractivity (Wildman–Crippen MR) is 75.3 cm³/mol. The summed E-state index contributed by atoms with van der Waals surface area (Å²) in [7, 11) is 0. The quantitative estimate of drug-likeness (QED) is 0.627. The molecule has 0 radical (unpaired) electrons. The topological polar surface area (TPSA) is 88.9 Å². The molecule has 0 aliphatic heterocycles. The third kappa shape index (κ3) is 3.14. The molecule has 8 heteroatoms. The van der Waals surface area contributed by atoms with Crippen molar-refractivity contribution in [3.05, 3.63) is 72.3 Å². The maximum absolute atomic E-state index is 13.0. The Kier molecular flexibility index (Phi) is 4.14. The lowest BCUT2D eigenvalue weighted by Gasteiger charge is -2.08. The number of halogens is 2. The van der Waals surface area contributed by atoms with Gasteiger partial charge < -0.3 is 4.57 Å². The van der Waals surface area contributed by atoms with Gasteiger partial charge in [-0.15, -0.1) is 0 Å². The Balaban J connectivity index is 2.53. The zero-order valence-corrected chi connectivity index (χ0v) is 12.0. The van der Waals surface area contributed by atoms with Crippen molar-refractivity contribution < 1.29 is 9.31 Å². The first kappa shape index (κ1) is 14.9. The first-order chi connectivity index (χ1) is 9.92. The SMILES string of the molecule is N#Cc1cc([N+](=O)[O-])cn(Cc2ccc(F)cc2Br)c1=O. The smallest absolute Gasteiger partial charge is 0.287 e.